The fourth-order valence-electron chi connectivity index (χ4n) is 3.31. The molecule has 6 heteroatoms. The third kappa shape index (κ3) is 6.58. The van der Waals surface area contributed by atoms with E-state index in [1.54, 1.807) is 6.26 Å². The Morgan fingerprint density at radius 2 is 2.11 bits per heavy atom. The van der Waals surface area contributed by atoms with Gasteiger partial charge in [-0.1, -0.05) is 18.2 Å². The van der Waals surface area contributed by atoms with E-state index in [0.29, 0.717) is 13.1 Å². The molecule has 5 nitrogen and oxygen atoms in total. The molecule has 1 aliphatic rings. The third-order valence-electron chi connectivity index (χ3n) is 4.82. The molecule has 0 aliphatic carbocycles. The maximum absolute atomic E-state index is 5.38. The summed E-state index contributed by atoms with van der Waals surface area (Å²) in [5.41, 5.74) is 2.58. The predicted molar refractivity (Wildman–Crippen MR) is 128 cm³/mol. The number of guanidine groups is 1. The molecule has 2 aromatic rings. The summed E-state index contributed by atoms with van der Waals surface area (Å²) in [5.74, 6) is 1.74. The molecule has 2 heterocycles. The van der Waals surface area contributed by atoms with Crippen molar-refractivity contribution in [2.24, 2.45) is 4.99 Å². The van der Waals surface area contributed by atoms with Gasteiger partial charge < -0.3 is 20.0 Å². The molecule has 1 atom stereocenters. The number of benzene rings is 1. The molecule has 152 valence electrons. The van der Waals surface area contributed by atoms with Crippen LogP contribution >= 0.6 is 24.0 Å². The minimum atomic E-state index is 0. The minimum Gasteiger partial charge on any atom is -0.469 e. The Bertz CT molecular complexity index is 739. The molecule has 1 aromatic heterocycles. The van der Waals surface area contributed by atoms with Crippen LogP contribution in [0.15, 0.2) is 64.7 Å². The lowest BCUT2D eigenvalue weighted by molar-refractivity contribution is 0.510. The Morgan fingerprint density at radius 3 is 2.82 bits per heavy atom. The molecule has 2 N–H and O–H groups in total. The summed E-state index contributed by atoms with van der Waals surface area (Å²) in [7, 11) is 0. The number of hydrogen-bond acceptors (Lipinski definition) is 3. The highest BCUT2D eigenvalue weighted by Crippen LogP contribution is 2.23. The first-order valence-electron chi connectivity index (χ1n) is 9.79. The van der Waals surface area contributed by atoms with E-state index < -0.39 is 0 Å². The number of hydrogen-bond donors (Lipinski definition) is 2. The highest BCUT2D eigenvalue weighted by molar-refractivity contribution is 14.0. The molecule has 28 heavy (non-hydrogen) atoms. The van der Waals surface area contributed by atoms with Crippen molar-refractivity contribution in [3.63, 3.8) is 0 Å². The summed E-state index contributed by atoms with van der Waals surface area (Å²) < 4.78 is 5.38. The molecular weight excluding hydrogens is 463 g/mol. The van der Waals surface area contributed by atoms with Crippen LogP contribution in [0.3, 0.4) is 0 Å². The monoisotopic (exact) mass is 494 g/mol. The summed E-state index contributed by atoms with van der Waals surface area (Å²) in [6.45, 7) is 9.61. The van der Waals surface area contributed by atoms with E-state index in [9.17, 15) is 0 Å². The van der Waals surface area contributed by atoms with Crippen LogP contribution in [0.5, 0.6) is 0 Å². The van der Waals surface area contributed by atoms with Crippen molar-refractivity contribution in [3.05, 3.63) is 66.6 Å². The number of nitrogens with one attached hydrogen (secondary N) is 2. The lowest BCUT2D eigenvalue weighted by Gasteiger charge is -2.22. The van der Waals surface area contributed by atoms with Gasteiger partial charge in [0.1, 0.15) is 5.76 Å². The minimum absolute atomic E-state index is 0. The van der Waals surface area contributed by atoms with Crippen molar-refractivity contribution in [1.82, 2.24) is 10.6 Å². The van der Waals surface area contributed by atoms with E-state index in [-0.39, 0.29) is 30.0 Å². The number of rotatable bonds is 8. The van der Waals surface area contributed by atoms with Crippen LogP contribution in [-0.2, 0) is 6.42 Å². The fraction of sp³-hybridized carbons (Fsp3) is 0.409. The van der Waals surface area contributed by atoms with Gasteiger partial charge >= 0.3 is 0 Å². The molecule has 0 radical (unpaired) electrons. The number of anilines is 1. The number of nitrogens with zero attached hydrogens (tertiary/aromatic N) is 2. The summed E-state index contributed by atoms with van der Waals surface area (Å²) >= 11 is 0. The maximum Gasteiger partial charge on any atom is 0.191 e. The molecular formula is C22H31IN4O. The van der Waals surface area contributed by atoms with E-state index in [2.05, 4.69) is 58.3 Å². The third-order valence-corrected chi connectivity index (χ3v) is 4.82. The largest absolute Gasteiger partial charge is 0.469 e. The maximum atomic E-state index is 5.38. The summed E-state index contributed by atoms with van der Waals surface area (Å²) in [6, 6.07) is 12.9. The standard InChI is InChI=1S/C22H30N4O.HI/c1-3-12-23-22(24-13-11-21-10-7-16-27-21)25-18(2)19-8-6-9-20(17-19)26-14-4-5-15-26;/h3,6-10,16-18H,1,4-5,11-15H2,2H3,(H2,23,24,25);1H. The first-order valence-corrected chi connectivity index (χ1v) is 9.79. The number of aliphatic imine (C=N–C) groups is 1. The average Bonchev–Trinajstić information content (AvgIpc) is 3.40. The fourth-order valence-corrected chi connectivity index (χ4v) is 3.31. The van der Waals surface area contributed by atoms with Crippen molar-refractivity contribution in [3.8, 4) is 0 Å². The zero-order chi connectivity index (χ0) is 18.9. The van der Waals surface area contributed by atoms with Gasteiger partial charge in [0.15, 0.2) is 5.96 Å². The zero-order valence-corrected chi connectivity index (χ0v) is 18.9. The average molecular weight is 494 g/mol. The van der Waals surface area contributed by atoms with Crippen molar-refractivity contribution in [2.75, 3.05) is 31.1 Å². The van der Waals surface area contributed by atoms with Gasteiger partial charge in [0.05, 0.1) is 12.3 Å². The Labute approximate surface area is 185 Å². The van der Waals surface area contributed by atoms with E-state index in [0.717, 1.165) is 31.2 Å². The van der Waals surface area contributed by atoms with Crippen LogP contribution in [-0.4, -0.2) is 32.1 Å². The summed E-state index contributed by atoms with van der Waals surface area (Å²) in [6.07, 6.45) is 6.89. The van der Waals surface area contributed by atoms with Gasteiger partial charge in [-0.15, -0.1) is 30.6 Å². The van der Waals surface area contributed by atoms with Crippen LogP contribution in [0.4, 0.5) is 5.69 Å². The van der Waals surface area contributed by atoms with E-state index in [1.165, 1.54) is 24.1 Å². The molecule has 0 saturated carbocycles. The second-order valence-electron chi connectivity index (χ2n) is 6.88. The van der Waals surface area contributed by atoms with Gasteiger partial charge in [0.25, 0.3) is 0 Å². The molecule has 1 aromatic carbocycles. The number of halogens is 1. The van der Waals surface area contributed by atoms with Crippen LogP contribution in [0.2, 0.25) is 0 Å². The van der Waals surface area contributed by atoms with Gasteiger partial charge in [-0.25, -0.2) is 0 Å². The van der Waals surface area contributed by atoms with Crippen molar-refractivity contribution in [2.45, 2.75) is 32.2 Å². The Kier molecular flexibility index (Phi) is 9.40. The zero-order valence-electron chi connectivity index (χ0n) is 16.6. The van der Waals surface area contributed by atoms with Crippen LogP contribution in [0, 0.1) is 0 Å². The molecule has 3 rings (SSSR count). The topological polar surface area (TPSA) is 52.8 Å². The lowest BCUT2D eigenvalue weighted by atomic mass is 10.1. The lowest BCUT2D eigenvalue weighted by Crippen LogP contribution is -2.39. The van der Waals surface area contributed by atoms with E-state index in [4.69, 9.17) is 4.42 Å². The molecule has 1 aliphatic heterocycles. The smallest absolute Gasteiger partial charge is 0.191 e. The molecule has 0 bridgehead atoms. The van der Waals surface area contributed by atoms with Gasteiger partial charge in [-0.05, 0) is 49.6 Å². The SMILES string of the molecule is C=CCNC(=NCCc1ccco1)NC(C)c1cccc(N2CCCC2)c1.I. The Morgan fingerprint density at radius 1 is 1.29 bits per heavy atom. The second kappa shape index (κ2) is 11.8. The van der Waals surface area contributed by atoms with E-state index in [1.807, 2.05) is 18.2 Å². The first kappa shape index (κ1) is 22.3. The summed E-state index contributed by atoms with van der Waals surface area (Å²) in [5, 5.41) is 6.81. The number of furan rings is 1. The van der Waals surface area contributed by atoms with Gasteiger partial charge in [0, 0.05) is 38.3 Å². The molecule has 1 unspecified atom stereocenters. The molecule has 1 fully saturated rings. The van der Waals surface area contributed by atoms with Gasteiger partial charge in [-0.2, -0.15) is 0 Å². The van der Waals surface area contributed by atoms with Crippen LogP contribution in [0.1, 0.15) is 37.1 Å². The quantitative estimate of drug-likeness (QED) is 0.245. The van der Waals surface area contributed by atoms with E-state index >= 15 is 0 Å². The Hall–Kier alpha value is -1.96. The highest BCUT2D eigenvalue weighted by atomic mass is 127. The van der Waals surface area contributed by atoms with Crippen LogP contribution in [0.25, 0.3) is 0 Å². The second-order valence-corrected chi connectivity index (χ2v) is 6.88. The van der Waals surface area contributed by atoms with Crippen molar-refractivity contribution >= 4 is 35.6 Å². The van der Waals surface area contributed by atoms with Crippen LogP contribution < -0.4 is 15.5 Å². The summed E-state index contributed by atoms with van der Waals surface area (Å²) in [4.78, 5) is 7.14. The first-order chi connectivity index (χ1) is 13.3. The normalized spacial score (nSPS) is 15.0. The molecule has 0 amide bonds. The highest BCUT2D eigenvalue weighted by Gasteiger charge is 2.14. The van der Waals surface area contributed by atoms with Crippen molar-refractivity contribution in [1.29, 1.82) is 0 Å². The predicted octanol–water partition coefficient (Wildman–Crippen LogP) is 4.52. The molecule has 1 saturated heterocycles. The van der Waals surface area contributed by atoms with Gasteiger partial charge in [-0.3, -0.25) is 4.99 Å². The Balaban J connectivity index is 0.00000280. The van der Waals surface area contributed by atoms with Crippen molar-refractivity contribution < 1.29 is 4.42 Å². The van der Waals surface area contributed by atoms with Gasteiger partial charge in [0.2, 0.25) is 0 Å². The molecule has 0 spiro atoms.